The van der Waals surface area contributed by atoms with Crippen LogP contribution in [0.1, 0.15) is 44.8 Å². The van der Waals surface area contributed by atoms with Crippen molar-refractivity contribution < 1.29 is 13.2 Å². The standard InChI is InChI=1S/C24H21N3O3S2/c25-15-20-19-9-2-4-11-22(19)31-24(20)26-23(28)17-7-5-8-18(14-17)32(29,30)27-13-12-16-6-1-3-10-21(16)27/h1,3,5-8,10,14H,2,4,9,11-13H2,(H,26,28). The summed E-state index contributed by atoms with van der Waals surface area (Å²) in [7, 11) is -3.79. The first-order valence-electron chi connectivity index (χ1n) is 10.6. The third-order valence-corrected chi connectivity index (χ3v) is 9.06. The first-order valence-corrected chi connectivity index (χ1v) is 12.8. The summed E-state index contributed by atoms with van der Waals surface area (Å²) < 4.78 is 28.0. The van der Waals surface area contributed by atoms with Gasteiger partial charge in [-0.05, 0) is 67.5 Å². The molecular weight excluding hydrogens is 442 g/mol. The van der Waals surface area contributed by atoms with Crippen molar-refractivity contribution in [3.05, 3.63) is 75.7 Å². The van der Waals surface area contributed by atoms with Gasteiger partial charge in [0.2, 0.25) is 0 Å². The maximum absolute atomic E-state index is 13.3. The van der Waals surface area contributed by atoms with E-state index in [4.69, 9.17) is 0 Å². The lowest BCUT2D eigenvalue weighted by molar-refractivity contribution is 0.102. The third kappa shape index (κ3) is 3.48. The van der Waals surface area contributed by atoms with Gasteiger partial charge >= 0.3 is 0 Å². The predicted octanol–water partition coefficient (Wildman–Crippen LogP) is 4.50. The number of para-hydroxylation sites is 1. The van der Waals surface area contributed by atoms with Gasteiger partial charge in [-0.1, -0.05) is 24.3 Å². The molecular formula is C24H21N3O3S2. The molecule has 5 rings (SSSR count). The van der Waals surface area contributed by atoms with Crippen LogP contribution in [0.2, 0.25) is 0 Å². The van der Waals surface area contributed by atoms with Gasteiger partial charge in [0, 0.05) is 17.0 Å². The Kier molecular flexibility index (Phi) is 5.24. The number of aryl methyl sites for hydroxylation is 1. The Bertz CT molecular complexity index is 1370. The summed E-state index contributed by atoms with van der Waals surface area (Å²) in [6.45, 7) is 0.379. The van der Waals surface area contributed by atoms with E-state index < -0.39 is 15.9 Å². The molecule has 0 unspecified atom stereocenters. The van der Waals surface area contributed by atoms with Crippen LogP contribution in [0, 0.1) is 11.3 Å². The SMILES string of the molecule is N#Cc1c(NC(=O)c2cccc(S(=O)(=O)N3CCc4ccccc43)c2)sc2c1CCCC2. The smallest absolute Gasteiger partial charge is 0.264 e. The summed E-state index contributed by atoms with van der Waals surface area (Å²) in [4.78, 5) is 14.2. The number of thiophene rings is 1. The minimum atomic E-state index is -3.79. The first kappa shape index (κ1) is 20.7. The number of carbonyl (C=O) groups is 1. The molecule has 1 amide bonds. The number of rotatable bonds is 4. The van der Waals surface area contributed by atoms with E-state index in [0.29, 0.717) is 29.2 Å². The van der Waals surface area contributed by atoms with Crippen LogP contribution in [-0.4, -0.2) is 20.9 Å². The van der Waals surface area contributed by atoms with Gasteiger partial charge < -0.3 is 5.32 Å². The van der Waals surface area contributed by atoms with Crippen LogP contribution in [0.4, 0.5) is 10.7 Å². The molecule has 2 aromatic carbocycles. The number of benzene rings is 2. The van der Waals surface area contributed by atoms with E-state index in [-0.39, 0.29) is 10.5 Å². The molecule has 0 radical (unpaired) electrons. The Morgan fingerprint density at radius 1 is 1.06 bits per heavy atom. The molecule has 6 nitrogen and oxygen atoms in total. The quantitative estimate of drug-likeness (QED) is 0.617. The summed E-state index contributed by atoms with van der Waals surface area (Å²) in [5.41, 5.74) is 3.51. The average Bonchev–Trinajstić information content (AvgIpc) is 3.40. The van der Waals surface area contributed by atoms with Gasteiger partial charge in [0.25, 0.3) is 15.9 Å². The molecule has 1 N–H and O–H groups in total. The van der Waals surface area contributed by atoms with Crippen LogP contribution in [0.15, 0.2) is 53.4 Å². The number of nitrogens with zero attached hydrogens (tertiary/aromatic N) is 2. The molecule has 2 aliphatic rings. The second kappa shape index (κ2) is 8.08. The maximum atomic E-state index is 13.3. The lowest BCUT2D eigenvalue weighted by Gasteiger charge is -2.20. The van der Waals surface area contributed by atoms with Crippen molar-refractivity contribution in [2.45, 2.75) is 37.0 Å². The van der Waals surface area contributed by atoms with Crippen molar-refractivity contribution in [2.24, 2.45) is 0 Å². The summed E-state index contributed by atoms with van der Waals surface area (Å²) in [5.74, 6) is -0.418. The summed E-state index contributed by atoms with van der Waals surface area (Å²) in [5, 5.41) is 13.0. The van der Waals surface area contributed by atoms with Crippen LogP contribution in [0.3, 0.4) is 0 Å². The number of carbonyl (C=O) groups excluding carboxylic acids is 1. The number of sulfonamides is 1. The largest absolute Gasteiger partial charge is 0.312 e. The molecule has 0 bridgehead atoms. The lowest BCUT2D eigenvalue weighted by Crippen LogP contribution is -2.29. The molecule has 32 heavy (non-hydrogen) atoms. The second-order valence-electron chi connectivity index (χ2n) is 7.96. The van der Waals surface area contributed by atoms with Crippen molar-refractivity contribution in [1.29, 1.82) is 5.26 Å². The topological polar surface area (TPSA) is 90.3 Å². The lowest BCUT2D eigenvalue weighted by atomic mass is 9.96. The van der Waals surface area contributed by atoms with Crippen molar-refractivity contribution in [1.82, 2.24) is 0 Å². The zero-order valence-electron chi connectivity index (χ0n) is 17.3. The van der Waals surface area contributed by atoms with Crippen molar-refractivity contribution in [3.63, 3.8) is 0 Å². The summed E-state index contributed by atoms with van der Waals surface area (Å²) in [6, 6.07) is 15.8. The number of hydrogen-bond acceptors (Lipinski definition) is 5. The number of hydrogen-bond donors (Lipinski definition) is 1. The molecule has 2 heterocycles. The van der Waals surface area contributed by atoms with Crippen LogP contribution < -0.4 is 9.62 Å². The summed E-state index contributed by atoms with van der Waals surface area (Å²) in [6.07, 6.45) is 4.58. The highest BCUT2D eigenvalue weighted by Crippen LogP contribution is 2.38. The minimum Gasteiger partial charge on any atom is -0.312 e. The van der Waals surface area contributed by atoms with Gasteiger partial charge in [0.1, 0.15) is 11.1 Å². The molecule has 0 saturated carbocycles. The molecule has 0 fully saturated rings. The van der Waals surface area contributed by atoms with Crippen molar-refractivity contribution >= 4 is 38.0 Å². The Hall–Kier alpha value is -3.15. The molecule has 0 spiro atoms. The molecule has 8 heteroatoms. The summed E-state index contributed by atoms with van der Waals surface area (Å²) >= 11 is 1.45. The van der Waals surface area contributed by atoms with E-state index in [1.54, 1.807) is 18.2 Å². The number of anilines is 2. The Morgan fingerprint density at radius 2 is 1.88 bits per heavy atom. The molecule has 1 aliphatic carbocycles. The van der Waals surface area contributed by atoms with E-state index in [1.165, 1.54) is 27.8 Å². The van der Waals surface area contributed by atoms with Gasteiger partial charge in [-0.15, -0.1) is 11.3 Å². The third-order valence-electron chi connectivity index (χ3n) is 6.04. The van der Waals surface area contributed by atoms with E-state index >= 15 is 0 Å². The van der Waals surface area contributed by atoms with Crippen LogP contribution in [0.5, 0.6) is 0 Å². The van der Waals surface area contributed by atoms with E-state index in [1.807, 2.05) is 18.2 Å². The van der Waals surface area contributed by atoms with Gasteiger partial charge in [-0.25, -0.2) is 8.42 Å². The first-order chi connectivity index (χ1) is 15.5. The Labute approximate surface area is 191 Å². The van der Waals surface area contributed by atoms with Gasteiger partial charge in [-0.3, -0.25) is 9.10 Å². The molecule has 3 aromatic rings. The Morgan fingerprint density at radius 3 is 2.72 bits per heavy atom. The second-order valence-corrected chi connectivity index (χ2v) is 10.9. The highest BCUT2D eigenvalue weighted by molar-refractivity contribution is 7.92. The van der Waals surface area contributed by atoms with Crippen molar-refractivity contribution in [3.8, 4) is 6.07 Å². The van der Waals surface area contributed by atoms with Crippen molar-refractivity contribution in [2.75, 3.05) is 16.2 Å². The number of fused-ring (bicyclic) bond motifs is 2. The van der Waals surface area contributed by atoms with Gasteiger partial charge in [0.05, 0.1) is 16.1 Å². The average molecular weight is 464 g/mol. The van der Waals surface area contributed by atoms with E-state index in [0.717, 1.165) is 41.7 Å². The van der Waals surface area contributed by atoms with E-state index in [2.05, 4.69) is 11.4 Å². The molecule has 0 atom stereocenters. The highest BCUT2D eigenvalue weighted by Gasteiger charge is 2.31. The van der Waals surface area contributed by atoms with Gasteiger partial charge in [0.15, 0.2) is 0 Å². The zero-order valence-corrected chi connectivity index (χ0v) is 18.9. The number of amides is 1. The van der Waals surface area contributed by atoms with Crippen LogP contribution in [0.25, 0.3) is 0 Å². The zero-order chi connectivity index (χ0) is 22.3. The highest BCUT2D eigenvalue weighted by atomic mass is 32.2. The van der Waals surface area contributed by atoms with E-state index in [9.17, 15) is 18.5 Å². The van der Waals surface area contributed by atoms with Gasteiger partial charge in [-0.2, -0.15) is 5.26 Å². The monoisotopic (exact) mass is 463 g/mol. The normalized spacial score (nSPS) is 15.0. The fourth-order valence-electron chi connectivity index (χ4n) is 4.43. The fraction of sp³-hybridized carbons (Fsp3) is 0.250. The maximum Gasteiger partial charge on any atom is 0.264 e. The Balaban J connectivity index is 1.43. The molecule has 0 saturated heterocycles. The molecule has 162 valence electrons. The molecule has 1 aromatic heterocycles. The van der Waals surface area contributed by atoms with Crippen LogP contribution >= 0.6 is 11.3 Å². The number of nitrogens with one attached hydrogen (secondary N) is 1. The van der Waals surface area contributed by atoms with Crippen LogP contribution in [-0.2, 0) is 29.3 Å². The predicted molar refractivity (Wildman–Crippen MR) is 125 cm³/mol. The number of nitriles is 1. The fourth-order valence-corrected chi connectivity index (χ4v) is 7.21. The minimum absolute atomic E-state index is 0.0767. The molecule has 1 aliphatic heterocycles.